The first-order chi connectivity index (χ1) is 10.7. The van der Waals surface area contributed by atoms with Gasteiger partial charge in [0.2, 0.25) is 0 Å². The highest BCUT2D eigenvalue weighted by atomic mass is 79.9. The molecular formula is C18H20BrN3. The zero-order valence-electron chi connectivity index (χ0n) is 12.7. The van der Waals surface area contributed by atoms with E-state index in [1.165, 1.54) is 11.3 Å². The number of rotatable bonds is 3. The van der Waals surface area contributed by atoms with E-state index in [0.29, 0.717) is 0 Å². The molecule has 0 unspecified atom stereocenters. The summed E-state index contributed by atoms with van der Waals surface area (Å²) in [6, 6.07) is 17.0. The predicted molar refractivity (Wildman–Crippen MR) is 96.7 cm³/mol. The first-order valence-electron chi connectivity index (χ1n) is 7.57. The largest absolute Gasteiger partial charge is 0.368 e. The highest BCUT2D eigenvalue weighted by Gasteiger charge is 2.15. The maximum Gasteiger partial charge on any atom is 0.0543 e. The molecule has 1 aliphatic heterocycles. The van der Waals surface area contributed by atoms with E-state index in [2.05, 4.69) is 74.3 Å². The topological polar surface area (TPSA) is 18.8 Å². The molecule has 0 amide bonds. The second-order valence-electron chi connectivity index (χ2n) is 5.58. The average Bonchev–Trinajstić information content (AvgIpc) is 2.54. The summed E-state index contributed by atoms with van der Waals surface area (Å²) in [6.07, 6.45) is 1.94. The van der Waals surface area contributed by atoms with Gasteiger partial charge in [0.15, 0.2) is 0 Å². The molecule has 22 heavy (non-hydrogen) atoms. The van der Waals surface area contributed by atoms with E-state index in [4.69, 9.17) is 0 Å². The Kier molecular flexibility index (Phi) is 4.78. The van der Waals surface area contributed by atoms with Crippen molar-refractivity contribution < 1.29 is 0 Å². The number of aryl methyl sites for hydroxylation is 1. The van der Waals surface area contributed by atoms with Crippen LogP contribution in [0.4, 0.5) is 5.69 Å². The number of anilines is 1. The van der Waals surface area contributed by atoms with Crippen molar-refractivity contribution in [3.63, 3.8) is 0 Å². The van der Waals surface area contributed by atoms with Gasteiger partial charge in [0.1, 0.15) is 0 Å². The summed E-state index contributed by atoms with van der Waals surface area (Å²) in [5.41, 5.74) is 3.73. The fraction of sp³-hybridized carbons (Fsp3) is 0.278. The lowest BCUT2D eigenvalue weighted by Crippen LogP contribution is -2.44. The molecule has 0 N–H and O–H groups in total. The third-order valence-electron chi connectivity index (χ3n) is 3.87. The third kappa shape index (κ3) is 3.89. The van der Waals surface area contributed by atoms with Gasteiger partial charge in [-0.15, -0.1) is 0 Å². The summed E-state index contributed by atoms with van der Waals surface area (Å²) >= 11 is 3.48. The Morgan fingerprint density at radius 1 is 1.00 bits per heavy atom. The van der Waals surface area contributed by atoms with E-state index in [0.717, 1.165) is 36.2 Å². The molecular weight excluding hydrogens is 338 g/mol. The van der Waals surface area contributed by atoms with Crippen molar-refractivity contribution in [2.75, 3.05) is 31.1 Å². The second kappa shape index (κ2) is 6.97. The highest BCUT2D eigenvalue weighted by Crippen LogP contribution is 2.17. The van der Waals surface area contributed by atoms with Gasteiger partial charge in [-0.25, -0.2) is 0 Å². The van der Waals surface area contributed by atoms with Crippen molar-refractivity contribution >= 4 is 27.8 Å². The van der Waals surface area contributed by atoms with Crippen molar-refractivity contribution in [2.24, 2.45) is 5.10 Å². The van der Waals surface area contributed by atoms with Crippen molar-refractivity contribution in [3.8, 4) is 0 Å². The zero-order chi connectivity index (χ0) is 15.4. The van der Waals surface area contributed by atoms with Gasteiger partial charge in [0.25, 0.3) is 0 Å². The van der Waals surface area contributed by atoms with Crippen LogP contribution in [0.2, 0.25) is 0 Å². The molecule has 1 heterocycles. The summed E-state index contributed by atoms with van der Waals surface area (Å²) in [5, 5.41) is 6.74. The van der Waals surface area contributed by atoms with Gasteiger partial charge in [-0.05, 0) is 36.8 Å². The molecule has 0 atom stereocenters. The van der Waals surface area contributed by atoms with Crippen molar-refractivity contribution in [3.05, 3.63) is 64.1 Å². The first kappa shape index (κ1) is 15.1. The Bertz CT molecular complexity index is 644. The molecule has 3 rings (SSSR count). The number of benzene rings is 2. The normalized spacial score (nSPS) is 15.5. The molecule has 114 valence electrons. The standard InChI is InChI=1S/C18H20BrN3/c1-15-5-7-18(8-6-15)21-9-11-22(12-10-21)20-14-16-3-2-4-17(19)13-16/h2-8,13-14H,9-12H2,1H3/b20-14+. The number of hydrogen-bond donors (Lipinski definition) is 0. The van der Waals surface area contributed by atoms with Gasteiger partial charge in [-0.3, -0.25) is 5.01 Å². The highest BCUT2D eigenvalue weighted by molar-refractivity contribution is 9.10. The van der Waals surface area contributed by atoms with Gasteiger partial charge in [-0.2, -0.15) is 5.10 Å². The Morgan fingerprint density at radius 2 is 1.73 bits per heavy atom. The number of halogens is 1. The molecule has 3 nitrogen and oxygen atoms in total. The summed E-state index contributed by atoms with van der Waals surface area (Å²) in [5.74, 6) is 0. The number of piperazine rings is 1. The molecule has 2 aromatic carbocycles. The molecule has 2 aromatic rings. The third-order valence-corrected chi connectivity index (χ3v) is 4.37. The van der Waals surface area contributed by atoms with Crippen LogP contribution in [0, 0.1) is 6.92 Å². The summed E-state index contributed by atoms with van der Waals surface area (Å²) in [6.45, 7) is 6.06. The van der Waals surface area contributed by atoms with Crippen LogP contribution in [-0.4, -0.2) is 37.4 Å². The molecule has 0 bridgehead atoms. The molecule has 0 radical (unpaired) electrons. The first-order valence-corrected chi connectivity index (χ1v) is 8.36. The van der Waals surface area contributed by atoms with Crippen LogP contribution < -0.4 is 4.90 Å². The lowest BCUT2D eigenvalue weighted by Gasteiger charge is -2.34. The molecule has 0 spiro atoms. The van der Waals surface area contributed by atoms with Gasteiger partial charge >= 0.3 is 0 Å². The number of nitrogens with zero attached hydrogens (tertiary/aromatic N) is 3. The van der Waals surface area contributed by atoms with E-state index in [9.17, 15) is 0 Å². The minimum atomic E-state index is 0.957. The molecule has 4 heteroatoms. The molecule has 1 aliphatic rings. The van der Waals surface area contributed by atoms with Crippen LogP contribution >= 0.6 is 15.9 Å². The van der Waals surface area contributed by atoms with E-state index >= 15 is 0 Å². The maximum absolute atomic E-state index is 4.60. The second-order valence-corrected chi connectivity index (χ2v) is 6.49. The minimum absolute atomic E-state index is 0.957. The van der Waals surface area contributed by atoms with E-state index in [1.807, 2.05) is 18.3 Å². The molecule has 1 fully saturated rings. The van der Waals surface area contributed by atoms with E-state index in [1.54, 1.807) is 0 Å². The quantitative estimate of drug-likeness (QED) is 0.775. The Labute approximate surface area is 140 Å². The van der Waals surface area contributed by atoms with Gasteiger partial charge in [-0.1, -0.05) is 45.8 Å². The summed E-state index contributed by atoms with van der Waals surface area (Å²) in [4.78, 5) is 2.42. The van der Waals surface area contributed by atoms with Crippen molar-refractivity contribution in [2.45, 2.75) is 6.92 Å². The Morgan fingerprint density at radius 3 is 2.41 bits per heavy atom. The Balaban J connectivity index is 1.56. The molecule has 0 aliphatic carbocycles. The van der Waals surface area contributed by atoms with E-state index in [-0.39, 0.29) is 0 Å². The Hall–Kier alpha value is -1.81. The molecule has 1 saturated heterocycles. The van der Waals surface area contributed by atoms with E-state index < -0.39 is 0 Å². The lowest BCUT2D eigenvalue weighted by atomic mass is 10.2. The zero-order valence-corrected chi connectivity index (χ0v) is 14.3. The van der Waals surface area contributed by atoms with Gasteiger partial charge in [0.05, 0.1) is 19.3 Å². The van der Waals surface area contributed by atoms with Crippen molar-refractivity contribution in [1.29, 1.82) is 0 Å². The lowest BCUT2D eigenvalue weighted by molar-refractivity contribution is 0.272. The monoisotopic (exact) mass is 357 g/mol. The number of hydrogen-bond acceptors (Lipinski definition) is 3. The molecule has 0 aromatic heterocycles. The van der Waals surface area contributed by atoms with Crippen LogP contribution in [0.1, 0.15) is 11.1 Å². The van der Waals surface area contributed by atoms with Crippen molar-refractivity contribution in [1.82, 2.24) is 5.01 Å². The summed E-state index contributed by atoms with van der Waals surface area (Å²) < 4.78 is 1.08. The fourth-order valence-electron chi connectivity index (χ4n) is 2.56. The average molecular weight is 358 g/mol. The molecule has 0 saturated carbocycles. The van der Waals surface area contributed by atoms with Crippen LogP contribution in [0.25, 0.3) is 0 Å². The smallest absolute Gasteiger partial charge is 0.0543 e. The minimum Gasteiger partial charge on any atom is -0.368 e. The van der Waals surface area contributed by atoms with Gasteiger partial charge < -0.3 is 4.90 Å². The van der Waals surface area contributed by atoms with Crippen LogP contribution in [-0.2, 0) is 0 Å². The SMILES string of the molecule is Cc1ccc(N2CCN(/N=C/c3cccc(Br)c3)CC2)cc1. The van der Waals surface area contributed by atoms with Crippen LogP contribution in [0.3, 0.4) is 0 Å². The van der Waals surface area contributed by atoms with Crippen LogP contribution in [0.15, 0.2) is 58.1 Å². The maximum atomic E-state index is 4.60. The summed E-state index contributed by atoms with van der Waals surface area (Å²) in [7, 11) is 0. The van der Waals surface area contributed by atoms with Crippen LogP contribution in [0.5, 0.6) is 0 Å². The van der Waals surface area contributed by atoms with Gasteiger partial charge in [0, 0.05) is 23.2 Å². The number of hydrazone groups is 1. The fourth-order valence-corrected chi connectivity index (χ4v) is 2.98. The predicted octanol–water partition coefficient (Wildman–Crippen LogP) is 3.91.